The zero-order valence-corrected chi connectivity index (χ0v) is 11.7. The highest BCUT2D eigenvalue weighted by atomic mass is 32.1. The largest absolute Gasteiger partial charge is 0.476 e. The summed E-state index contributed by atoms with van der Waals surface area (Å²) in [6.45, 7) is 4.72. The number of carbonyl (C=O) groups is 1. The first kappa shape index (κ1) is 13.7. The van der Waals surface area contributed by atoms with E-state index < -0.39 is 5.97 Å². The van der Waals surface area contributed by atoms with Crippen LogP contribution >= 0.6 is 11.3 Å². The van der Waals surface area contributed by atoms with Crippen LogP contribution in [0, 0.1) is 6.92 Å². The van der Waals surface area contributed by atoms with Gasteiger partial charge in [0, 0.05) is 18.0 Å². The van der Waals surface area contributed by atoms with E-state index >= 15 is 0 Å². The fourth-order valence-electron chi connectivity index (χ4n) is 1.80. The second-order valence-corrected chi connectivity index (χ2v) is 5.32. The molecule has 2 N–H and O–H groups in total. The maximum Gasteiger partial charge on any atom is 0.365 e. The third-order valence-electron chi connectivity index (χ3n) is 2.87. The van der Waals surface area contributed by atoms with Crippen LogP contribution in [0.5, 0.6) is 0 Å². The molecule has 1 aromatic carbocycles. The number of nitrogens with zero attached hydrogens (tertiary/aromatic N) is 1. The molecule has 0 bridgehead atoms. The molecule has 0 aliphatic carbocycles. The van der Waals surface area contributed by atoms with E-state index in [1.54, 1.807) is 5.38 Å². The van der Waals surface area contributed by atoms with Crippen molar-refractivity contribution in [2.45, 2.75) is 26.4 Å². The molecular formula is C14H16N2O2S. The van der Waals surface area contributed by atoms with E-state index in [1.807, 2.05) is 6.07 Å². The van der Waals surface area contributed by atoms with Crippen molar-refractivity contribution >= 4 is 17.3 Å². The molecule has 0 saturated carbocycles. The molecule has 100 valence electrons. The van der Waals surface area contributed by atoms with Crippen LogP contribution in [0.25, 0.3) is 0 Å². The molecule has 0 unspecified atom stereocenters. The van der Waals surface area contributed by atoms with Crippen molar-refractivity contribution < 1.29 is 9.90 Å². The molecule has 2 aromatic rings. The Bertz CT molecular complexity index is 580. The van der Waals surface area contributed by atoms with Gasteiger partial charge in [0.25, 0.3) is 0 Å². The lowest BCUT2D eigenvalue weighted by molar-refractivity contribution is 0.0696. The highest BCUT2D eigenvalue weighted by Crippen LogP contribution is 2.15. The Hall–Kier alpha value is -1.72. The molecule has 0 radical (unpaired) electrons. The van der Waals surface area contributed by atoms with Crippen molar-refractivity contribution in [1.82, 2.24) is 10.3 Å². The van der Waals surface area contributed by atoms with Gasteiger partial charge in [-0.2, -0.15) is 0 Å². The van der Waals surface area contributed by atoms with Gasteiger partial charge >= 0.3 is 5.97 Å². The Morgan fingerprint density at radius 1 is 1.53 bits per heavy atom. The van der Waals surface area contributed by atoms with Crippen molar-refractivity contribution in [3.05, 3.63) is 51.5 Å². The number of carboxylic acid groups (broad SMARTS) is 1. The van der Waals surface area contributed by atoms with Gasteiger partial charge in [0.2, 0.25) is 5.01 Å². The van der Waals surface area contributed by atoms with E-state index in [2.05, 4.69) is 42.3 Å². The first-order valence-electron chi connectivity index (χ1n) is 6.04. The molecule has 0 amide bonds. The maximum atomic E-state index is 10.7. The minimum absolute atomic E-state index is 0.139. The summed E-state index contributed by atoms with van der Waals surface area (Å²) >= 11 is 1.16. The Balaban J connectivity index is 1.96. The number of nitrogens with one attached hydrogen (secondary N) is 1. The zero-order chi connectivity index (χ0) is 13.8. The molecule has 4 nitrogen and oxygen atoms in total. The van der Waals surface area contributed by atoms with Crippen LogP contribution in [0.1, 0.15) is 39.6 Å². The normalized spacial score (nSPS) is 12.3. The van der Waals surface area contributed by atoms with Crippen molar-refractivity contribution in [3.8, 4) is 0 Å². The number of benzene rings is 1. The smallest absolute Gasteiger partial charge is 0.365 e. The molecule has 0 fully saturated rings. The summed E-state index contributed by atoms with van der Waals surface area (Å²) in [6, 6.07) is 8.52. The topological polar surface area (TPSA) is 62.2 Å². The van der Waals surface area contributed by atoms with Crippen molar-refractivity contribution in [2.75, 3.05) is 0 Å². The predicted octanol–water partition coefficient (Wildman–Crippen LogP) is 3.00. The first-order valence-corrected chi connectivity index (χ1v) is 6.92. The van der Waals surface area contributed by atoms with E-state index in [4.69, 9.17) is 5.11 Å². The van der Waals surface area contributed by atoms with Crippen LogP contribution in [0.15, 0.2) is 29.6 Å². The van der Waals surface area contributed by atoms with E-state index in [0.29, 0.717) is 6.54 Å². The molecular weight excluding hydrogens is 260 g/mol. The number of rotatable bonds is 5. The van der Waals surface area contributed by atoms with Crippen LogP contribution in [0.3, 0.4) is 0 Å². The second kappa shape index (κ2) is 5.95. The molecule has 0 aliphatic rings. The molecule has 5 heteroatoms. The highest BCUT2D eigenvalue weighted by molar-refractivity contribution is 7.11. The van der Waals surface area contributed by atoms with Gasteiger partial charge in [0.15, 0.2) is 0 Å². The second-order valence-electron chi connectivity index (χ2n) is 4.47. The summed E-state index contributed by atoms with van der Waals surface area (Å²) in [7, 11) is 0. The van der Waals surface area contributed by atoms with E-state index in [0.717, 1.165) is 17.0 Å². The average molecular weight is 276 g/mol. The van der Waals surface area contributed by atoms with Gasteiger partial charge in [-0.1, -0.05) is 29.8 Å². The van der Waals surface area contributed by atoms with Crippen LogP contribution in [0.4, 0.5) is 0 Å². The standard InChI is InChI=1S/C14H16N2O2S/c1-9-4-3-5-11(6-9)10(2)15-7-12-8-19-13(16-12)14(17)18/h3-6,8,10,15H,7H2,1-2H3,(H,17,18)/t10-/m0/s1. The number of carboxylic acids is 1. The minimum Gasteiger partial charge on any atom is -0.476 e. The van der Waals surface area contributed by atoms with E-state index in [-0.39, 0.29) is 11.0 Å². The summed E-state index contributed by atoms with van der Waals surface area (Å²) in [5.74, 6) is -0.969. The van der Waals surface area contributed by atoms with Crippen LogP contribution < -0.4 is 5.32 Å². The molecule has 1 atom stereocenters. The summed E-state index contributed by atoms with van der Waals surface area (Å²) in [5.41, 5.74) is 3.21. The predicted molar refractivity (Wildman–Crippen MR) is 75.5 cm³/mol. The van der Waals surface area contributed by atoms with Gasteiger partial charge in [-0.15, -0.1) is 11.3 Å². The monoisotopic (exact) mass is 276 g/mol. The van der Waals surface area contributed by atoms with Gasteiger partial charge in [-0.25, -0.2) is 9.78 Å². The highest BCUT2D eigenvalue weighted by Gasteiger charge is 2.10. The zero-order valence-electron chi connectivity index (χ0n) is 10.9. The van der Waals surface area contributed by atoms with Crippen LogP contribution in [-0.4, -0.2) is 16.1 Å². The minimum atomic E-state index is -0.969. The number of thiazole rings is 1. The van der Waals surface area contributed by atoms with Crippen molar-refractivity contribution in [3.63, 3.8) is 0 Å². The Morgan fingerprint density at radius 3 is 2.95 bits per heavy atom. The Labute approximate surface area is 116 Å². The molecule has 2 rings (SSSR count). The number of aryl methyl sites for hydroxylation is 1. The maximum absolute atomic E-state index is 10.7. The summed E-state index contributed by atoms with van der Waals surface area (Å²) in [4.78, 5) is 14.8. The van der Waals surface area contributed by atoms with E-state index in [9.17, 15) is 4.79 Å². The Morgan fingerprint density at radius 2 is 2.32 bits per heavy atom. The summed E-state index contributed by atoms with van der Waals surface area (Å²) in [5, 5.41) is 14.1. The molecule has 19 heavy (non-hydrogen) atoms. The van der Waals surface area contributed by atoms with Gasteiger partial charge in [0.1, 0.15) is 0 Å². The Kier molecular flexibility index (Phi) is 4.29. The number of aromatic carboxylic acids is 1. The lowest BCUT2D eigenvalue weighted by Crippen LogP contribution is -2.18. The summed E-state index contributed by atoms with van der Waals surface area (Å²) in [6.07, 6.45) is 0. The number of hydrogen-bond donors (Lipinski definition) is 2. The van der Waals surface area contributed by atoms with Gasteiger partial charge < -0.3 is 10.4 Å². The fourth-order valence-corrected chi connectivity index (χ4v) is 2.46. The van der Waals surface area contributed by atoms with Crippen molar-refractivity contribution in [2.24, 2.45) is 0 Å². The molecule has 0 spiro atoms. The van der Waals surface area contributed by atoms with Gasteiger partial charge in [-0.3, -0.25) is 0 Å². The number of hydrogen-bond acceptors (Lipinski definition) is 4. The summed E-state index contributed by atoms with van der Waals surface area (Å²) < 4.78 is 0. The van der Waals surface area contributed by atoms with Crippen molar-refractivity contribution in [1.29, 1.82) is 0 Å². The molecule has 0 saturated heterocycles. The van der Waals surface area contributed by atoms with Crippen LogP contribution in [0.2, 0.25) is 0 Å². The lowest BCUT2D eigenvalue weighted by Gasteiger charge is -2.13. The SMILES string of the molecule is Cc1cccc([C@H](C)NCc2csc(C(=O)O)n2)c1. The van der Waals surface area contributed by atoms with Gasteiger partial charge in [0.05, 0.1) is 5.69 Å². The number of aromatic nitrogens is 1. The third-order valence-corrected chi connectivity index (χ3v) is 3.75. The average Bonchev–Trinajstić information content (AvgIpc) is 2.85. The van der Waals surface area contributed by atoms with Crippen LogP contribution in [-0.2, 0) is 6.54 Å². The van der Waals surface area contributed by atoms with Gasteiger partial charge in [-0.05, 0) is 19.4 Å². The van der Waals surface area contributed by atoms with E-state index in [1.165, 1.54) is 11.1 Å². The molecule has 1 aromatic heterocycles. The first-order chi connectivity index (χ1) is 9.06. The third kappa shape index (κ3) is 3.62. The molecule has 1 heterocycles. The quantitative estimate of drug-likeness (QED) is 0.881. The molecule has 0 aliphatic heterocycles. The lowest BCUT2D eigenvalue weighted by atomic mass is 10.1. The fraction of sp³-hybridized carbons (Fsp3) is 0.286.